The summed E-state index contributed by atoms with van der Waals surface area (Å²) in [5.41, 5.74) is 4.74. The predicted octanol–water partition coefficient (Wildman–Crippen LogP) is 2.10. The number of alkyl halides is 3. The van der Waals surface area contributed by atoms with E-state index in [1.165, 1.54) is 20.2 Å². The van der Waals surface area contributed by atoms with Crippen molar-refractivity contribution >= 4 is 18.1 Å². The van der Waals surface area contributed by atoms with E-state index in [9.17, 15) is 18.0 Å². The number of primary amides is 1. The van der Waals surface area contributed by atoms with E-state index < -0.39 is 11.7 Å². The van der Waals surface area contributed by atoms with Crippen LogP contribution in [0.3, 0.4) is 0 Å². The number of aromatic nitrogens is 2. The number of methoxy groups -OCH3 is 1. The van der Waals surface area contributed by atoms with Gasteiger partial charge in [0.05, 0.1) is 18.2 Å². The fourth-order valence-electron chi connectivity index (χ4n) is 3.51. The van der Waals surface area contributed by atoms with Crippen LogP contribution in [-0.2, 0) is 11.0 Å². The van der Waals surface area contributed by atoms with Gasteiger partial charge in [0.1, 0.15) is 11.4 Å². The average molecular weight is 468 g/mol. The van der Waals surface area contributed by atoms with Gasteiger partial charge >= 0.3 is 6.18 Å². The molecule has 1 saturated heterocycles. The van der Waals surface area contributed by atoms with Gasteiger partial charge in [0.15, 0.2) is 5.82 Å². The van der Waals surface area contributed by atoms with Gasteiger partial charge in [-0.05, 0) is 50.1 Å². The van der Waals surface area contributed by atoms with Crippen molar-refractivity contribution in [2.45, 2.75) is 32.0 Å². The number of nitrogens with two attached hydrogens (primary N) is 1. The minimum absolute atomic E-state index is 0.00210. The molecule has 1 unspecified atom stereocenters. The van der Waals surface area contributed by atoms with E-state index in [1.807, 2.05) is 0 Å². The van der Waals surface area contributed by atoms with Crippen LogP contribution in [0.25, 0.3) is 11.3 Å². The zero-order valence-corrected chi connectivity index (χ0v) is 18.5. The molecule has 0 bridgehead atoms. The average Bonchev–Trinajstić information content (AvgIpc) is 2.79. The highest BCUT2D eigenvalue weighted by atomic mass is 19.4. The number of piperidine rings is 1. The maximum atomic E-state index is 13.1. The third-order valence-corrected chi connectivity index (χ3v) is 5.09. The number of nitrogens with zero attached hydrogens (tertiary/aromatic N) is 2. The van der Waals surface area contributed by atoms with E-state index in [0.717, 1.165) is 38.1 Å². The first kappa shape index (κ1) is 25.8. The molecule has 1 atom stereocenters. The van der Waals surface area contributed by atoms with E-state index in [0.29, 0.717) is 22.5 Å². The van der Waals surface area contributed by atoms with Crippen molar-refractivity contribution in [2.75, 3.05) is 32.6 Å². The molecule has 2 amide bonds. The van der Waals surface area contributed by atoms with Crippen molar-refractivity contribution in [1.82, 2.24) is 20.8 Å². The number of amides is 2. The Kier molecular flexibility index (Phi) is 8.97. The molecule has 5 N–H and O–H groups in total. The van der Waals surface area contributed by atoms with Crippen LogP contribution in [0, 0.1) is 6.92 Å². The molecular weight excluding hydrogens is 441 g/mol. The molecule has 3 rings (SSSR count). The molecule has 180 valence electrons. The van der Waals surface area contributed by atoms with Gasteiger partial charge in [-0.1, -0.05) is 0 Å². The molecule has 2 heterocycles. The molecule has 1 fully saturated rings. The minimum atomic E-state index is -4.50. The Balaban J connectivity index is 0.00000122. The topological polar surface area (TPSA) is 131 Å². The van der Waals surface area contributed by atoms with Crippen LogP contribution in [0.2, 0.25) is 0 Å². The number of hydrogen-bond donors (Lipinski definition) is 4. The lowest BCUT2D eigenvalue weighted by Crippen LogP contribution is -2.39. The molecule has 1 aliphatic rings. The molecule has 1 aromatic carbocycles. The highest BCUT2D eigenvalue weighted by molar-refractivity contribution is 6.01. The molecule has 33 heavy (non-hydrogen) atoms. The maximum absolute atomic E-state index is 13.1. The zero-order chi connectivity index (χ0) is 24.6. The fraction of sp³-hybridized carbons (Fsp3) is 0.429. The zero-order valence-electron chi connectivity index (χ0n) is 18.5. The van der Waals surface area contributed by atoms with Crippen LogP contribution in [0.5, 0.6) is 5.75 Å². The van der Waals surface area contributed by atoms with Gasteiger partial charge in [-0.25, -0.2) is 0 Å². The van der Waals surface area contributed by atoms with Gasteiger partial charge in [-0.2, -0.15) is 13.2 Å². The molecule has 0 saturated carbocycles. The summed E-state index contributed by atoms with van der Waals surface area (Å²) in [6, 6.07) is 3.25. The van der Waals surface area contributed by atoms with Gasteiger partial charge in [0.25, 0.3) is 5.91 Å². The van der Waals surface area contributed by atoms with Crippen molar-refractivity contribution in [3.8, 4) is 17.0 Å². The molecule has 1 aromatic heterocycles. The van der Waals surface area contributed by atoms with E-state index in [-0.39, 0.29) is 29.8 Å². The van der Waals surface area contributed by atoms with E-state index >= 15 is 0 Å². The Morgan fingerprint density at radius 3 is 2.58 bits per heavy atom. The summed E-state index contributed by atoms with van der Waals surface area (Å²) < 4.78 is 44.4. The van der Waals surface area contributed by atoms with Crippen LogP contribution < -0.4 is 26.4 Å². The molecule has 9 nitrogen and oxygen atoms in total. The normalized spacial score (nSPS) is 15.6. The highest BCUT2D eigenvalue weighted by Crippen LogP contribution is 2.38. The second-order valence-corrected chi connectivity index (χ2v) is 7.21. The van der Waals surface area contributed by atoms with Gasteiger partial charge in [0.2, 0.25) is 6.41 Å². The number of anilines is 1. The molecule has 1 aliphatic heterocycles. The third-order valence-electron chi connectivity index (χ3n) is 5.09. The second-order valence-electron chi connectivity index (χ2n) is 7.21. The number of nitrogens with one attached hydrogen (secondary N) is 3. The quantitative estimate of drug-likeness (QED) is 0.494. The molecule has 0 radical (unpaired) electrons. The smallest absolute Gasteiger partial charge is 0.416 e. The Morgan fingerprint density at radius 2 is 2.03 bits per heavy atom. The first-order chi connectivity index (χ1) is 15.7. The Morgan fingerprint density at radius 1 is 1.33 bits per heavy atom. The lowest BCUT2D eigenvalue weighted by atomic mass is 9.99. The van der Waals surface area contributed by atoms with Crippen LogP contribution in [0.4, 0.5) is 19.0 Å². The number of hydrogen-bond acceptors (Lipinski definition) is 7. The Bertz CT molecular complexity index is 978. The van der Waals surface area contributed by atoms with Gasteiger partial charge in [-0.15, -0.1) is 10.2 Å². The largest absolute Gasteiger partial charge is 0.496 e. The number of ether oxygens (including phenoxy) is 1. The second kappa shape index (κ2) is 11.5. The first-order valence-electron chi connectivity index (χ1n) is 10.2. The van der Waals surface area contributed by atoms with E-state index in [2.05, 4.69) is 31.9 Å². The monoisotopic (exact) mass is 468 g/mol. The molecule has 12 heteroatoms. The maximum Gasteiger partial charge on any atom is 0.416 e. The number of carbonyl (C=O) groups is 2. The van der Waals surface area contributed by atoms with Crippen LogP contribution in [0.15, 0.2) is 18.2 Å². The Hall–Kier alpha value is -3.41. The van der Waals surface area contributed by atoms with Crippen molar-refractivity contribution < 1.29 is 27.5 Å². The number of rotatable bonds is 5. The highest BCUT2D eigenvalue weighted by Gasteiger charge is 2.32. The summed E-state index contributed by atoms with van der Waals surface area (Å²) in [6.45, 7) is 3.37. The number of benzene rings is 1. The van der Waals surface area contributed by atoms with Crippen LogP contribution >= 0.6 is 0 Å². The summed E-state index contributed by atoms with van der Waals surface area (Å²) in [6.07, 6.45) is -2.32. The van der Waals surface area contributed by atoms with Gasteiger partial charge < -0.3 is 26.4 Å². The van der Waals surface area contributed by atoms with E-state index in [4.69, 9.17) is 9.53 Å². The standard InChI is InChI=1S/C20H24F3N5O2.CH3NO/c1-11-16(19(29)24-2)18(26-13-5-4-8-25-10-13)28-27-17(11)14-7-6-12(20(21,22)23)9-15(14)30-3;2-1-3/h6-7,9,13,25H,4-5,8,10H2,1-3H3,(H,24,29)(H,26,28);1H,(H2,2,3). The molecule has 2 aromatic rings. The summed E-state index contributed by atoms with van der Waals surface area (Å²) in [5.74, 6) is -0.0155. The van der Waals surface area contributed by atoms with Crippen molar-refractivity contribution in [3.05, 3.63) is 34.9 Å². The van der Waals surface area contributed by atoms with Crippen molar-refractivity contribution in [1.29, 1.82) is 0 Å². The Labute approximate surface area is 189 Å². The van der Waals surface area contributed by atoms with Crippen LogP contribution in [0.1, 0.15) is 34.3 Å². The molecule has 0 aliphatic carbocycles. The summed E-state index contributed by atoms with van der Waals surface area (Å²) >= 11 is 0. The van der Waals surface area contributed by atoms with E-state index in [1.54, 1.807) is 6.92 Å². The molecular formula is C21H27F3N6O3. The number of halogens is 3. The van der Waals surface area contributed by atoms with Crippen molar-refractivity contribution in [2.24, 2.45) is 5.73 Å². The minimum Gasteiger partial charge on any atom is -0.496 e. The first-order valence-corrected chi connectivity index (χ1v) is 10.2. The summed E-state index contributed by atoms with van der Waals surface area (Å²) in [7, 11) is 2.79. The molecule has 0 spiro atoms. The fourth-order valence-corrected chi connectivity index (χ4v) is 3.51. The lowest BCUT2D eigenvalue weighted by molar-refractivity contribution is -0.137. The predicted molar refractivity (Wildman–Crippen MR) is 117 cm³/mol. The summed E-state index contributed by atoms with van der Waals surface area (Å²) in [5, 5.41) is 17.6. The van der Waals surface area contributed by atoms with Crippen molar-refractivity contribution in [3.63, 3.8) is 0 Å². The lowest BCUT2D eigenvalue weighted by Gasteiger charge is -2.25. The SMILES string of the molecule is CNC(=O)c1c(NC2CCCNC2)nnc(-c2ccc(C(F)(F)F)cc2OC)c1C.NC=O. The third kappa shape index (κ3) is 6.31. The van der Waals surface area contributed by atoms with Crippen LogP contribution in [-0.4, -0.2) is 55.8 Å². The van der Waals surface area contributed by atoms with Gasteiger partial charge in [0, 0.05) is 25.2 Å². The van der Waals surface area contributed by atoms with Gasteiger partial charge in [-0.3, -0.25) is 9.59 Å². The number of carbonyl (C=O) groups excluding carboxylic acids is 2. The summed E-state index contributed by atoms with van der Waals surface area (Å²) in [4.78, 5) is 21.2.